The van der Waals surface area contributed by atoms with Crippen LogP contribution in [0, 0.1) is 5.82 Å². The van der Waals surface area contributed by atoms with Crippen LogP contribution in [0.15, 0.2) is 53.9 Å². The van der Waals surface area contributed by atoms with Gasteiger partial charge in [-0.25, -0.2) is 9.37 Å². The molecule has 1 aromatic heterocycles. The number of ether oxygens (including phenoxy) is 1. The number of methoxy groups -OCH3 is 1. The lowest BCUT2D eigenvalue weighted by Crippen LogP contribution is -2.14. The van der Waals surface area contributed by atoms with E-state index in [1.807, 2.05) is 5.38 Å². The Bertz CT molecular complexity index is 975. The average molecular weight is 432 g/mol. The van der Waals surface area contributed by atoms with E-state index in [2.05, 4.69) is 15.6 Å². The Morgan fingerprint density at radius 2 is 1.83 bits per heavy atom. The summed E-state index contributed by atoms with van der Waals surface area (Å²) >= 11 is 2.72. The van der Waals surface area contributed by atoms with E-state index in [4.69, 9.17) is 4.74 Å². The molecule has 0 unspecified atom stereocenters. The third-order valence-corrected chi connectivity index (χ3v) is 5.51. The Morgan fingerprint density at radius 1 is 1.10 bits per heavy atom. The molecule has 3 rings (SSSR count). The van der Waals surface area contributed by atoms with E-state index < -0.39 is 5.82 Å². The Balaban J connectivity index is 1.43. The van der Waals surface area contributed by atoms with Crippen molar-refractivity contribution in [3.8, 4) is 5.75 Å². The first-order valence-corrected chi connectivity index (χ1v) is 10.6. The van der Waals surface area contributed by atoms with Crippen molar-refractivity contribution in [2.24, 2.45) is 0 Å². The van der Waals surface area contributed by atoms with Crippen molar-refractivity contribution in [2.45, 2.75) is 5.75 Å². The van der Waals surface area contributed by atoms with E-state index in [0.29, 0.717) is 22.1 Å². The number of carbonyl (C=O) groups is 2. The highest BCUT2D eigenvalue weighted by atomic mass is 32.2. The summed E-state index contributed by atoms with van der Waals surface area (Å²) in [6.07, 6.45) is 0. The molecule has 0 saturated heterocycles. The molecule has 29 heavy (non-hydrogen) atoms. The van der Waals surface area contributed by atoms with Crippen LogP contribution >= 0.6 is 23.1 Å². The molecule has 2 N–H and O–H groups in total. The normalized spacial score (nSPS) is 10.4. The molecule has 0 fully saturated rings. The Morgan fingerprint density at radius 3 is 2.52 bits per heavy atom. The maximum Gasteiger partial charge on any atom is 0.257 e. The summed E-state index contributed by atoms with van der Waals surface area (Å²) in [5, 5.41) is 7.79. The minimum Gasteiger partial charge on any atom is -0.497 e. The second kappa shape index (κ2) is 10.0. The monoisotopic (exact) mass is 431 g/mol. The van der Waals surface area contributed by atoms with Gasteiger partial charge in [-0.3, -0.25) is 14.9 Å². The highest BCUT2D eigenvalue weighted by Crippen LogP contribution is 2.21. The molecule has 1 heterocycles. The number of anilines is 2. The van der Waals surface area contributed by atoms with Gasteiger partial charge < -0.3 is 10.1 Å². The van der Waals surface area contributed by atoms with E-state index in [-0.39, 0.29) is 17.6 Å². The van der Waals surface area contributed by atoms with Gasteiger partial charge in [0, 0.05) is 22.4 Å². The fraction of sp³-hybridized carbons (Fsp3) is 0.150. The zero-order valence-electron chi connectivity index (χ0n) is 15.5. The highest BCUT2D eigenvalue weighted by molar-refractivity contribution is 7.99. The minimum atomic E-state index is -0.397. The van der Waals surface area contributed by atoms with Gasteiger partial charge in [-0.1, -0.05) is 0 Å². The average Bonchev–Trinajstić information content (AvgIpc) is 3.16. The Hall–Kier alpha value is -2.91. The van der Waals surface area contributed by atoms with Crippen LogP contribution in [-0.2, 0) is 10.5 Å². The van der Waals surface area contributed by atoms with Crippen molar-refractivity contribution in [2.75, 3.05) is 23.5 Å². The van der Waals surface area contributed by atoms with Gasteiger partial charge in [-0.05, 0) is 48.5 Å². The van der Waals surface area contributed by atoms with E-state index in [1.54, 1.807) is 31.4 Å². The number of aromatic nitrogens is 1. The Labute approximate surface area is 175 Å². The van der Waals surface area contributed by atoms with Crippen molar-refractivity contribution in [1.82, 2.24) is 4.98 Å². The summed E-state index contributed by atoms with van der Waals surface area (Å²) in [6, 6.07) is 12.4. The molecular formula is C20H18FN3O3S2. The molecule has 2 aromatic carbocycles. The molecule has 0 spiro atoms. The maximum atomic E-state index is 12.9. The quantitative estimate of drug-likeness (QED) is 0.552. The molecule has 3 aromatic rings. The third kappa shape index (κ3) is 6.30. The molecular weight excluding hydrogens is 413 g/mol. The summed E-state index contributed by atoms with van der Waals surface area (Å²) in [5.74, 6) is 0.687. The SMILES string of the molecule is COc1ccc(NC(=O)CSCc2csc(NC(=O)c3ccc(F)cc3)n2)cc1. The number of benzene rings is 2. The van der Waals surface area contributed by atoms with Crippen molar-refractivity contribution in [3.63, 3.8) is 0 Å². The zero-order valence-corrected chi connectivity index (χ0v) is 17.1. The van der Waals surface area contributed by atoms with Crippen LogP contribution < -0.4 is 15.4 Å². The number of nitrogens with zero attached hydrogens (tertiary/aromatic N) is 1. The number of carbonyl (C=O) groups excluding carboxylic acids is 2. The van der Waals surface area contributed by atoms with Crippen molar-refractivity contribution in [1.29, 1.82) is 0 Å². The van der Waals surface area contributed by atoms with Crippen molar-refractivity contribution >= 4 is 45.7 Å². The van der Waals surface area contributed by atoms with E-state index in [0.717, 1.165) is 11.4 Å². The van der Waals surface area contributed by atoms with Crippen LogP contribution in [0.25, 0.3) is 0 Å². The first kappa shape index (κ1) is 20.8. The van der Waals surface area contributed by atoms with Gasteiger partial charge in [0.25, 0.3) is 5.91 Å². The number of thioether (sulfide) groups is 1. The number of amides is 2. The second-order valence-corrected chi connectivity index (χ2v) is 7.72. The number of thiazole rings is 1. The number of nitrogens with one attached hydrogen (secondary N) is 2. The number of halogens is 1. The summed E-state index contributed by atoms with van der Waals surface area (Å²) in [4.78, 5) is 28.5. The molecule has 150 valence electrons. The van der Waals surface area contributed by atoms with Gasteiger partial charge in [0.2, 0.25) is 5.91 Å². The molecule has 9 heteroatoms. The van der Waals surface area contributed by atoms with Gasteiger partial charge in [0.05, 0.1) is 18.6 Å². The van der Waals surface area contributed by atoms with Crippen molar-refractivity contribution < 1.29 is 18.7 Å². The third-order valence-electron chi connectivity index (χ3n) is 3.74. The van der Waals surface area contributed by atoms with Crippen LogP contribution in [0.5, 0.6) is 5.75 Å². The summed E-state index contributed by atoms with van der Waals surface area (Å²) in [5.41, 5.74) is 1.83. The molecule has 0 aliphatic rings. The van der Waals surface area contributed by atoms with Crippen LogP contribution in [0.2, 0.25) is 0 Å². The first-order valence-electron chi connectivity index (χ1n) is 8.56. The van der Waals surface area contributed by atoms with Crippen LogP contribution in [0.4, 0.5) is 15.2 Å². The Kier molecular flexibility index (Phi) is 7.20. The highest BCUT2D eigenvalue weighted by Gasteiger charge is 2.10. The predicted octanol–water partition coefficient (Wildman–Crippen LogP) is 4.42. The smallest absolute Gasteiger partial charge is 0.257 e. The standard InChI is InChI=1S/C20H18FN3O3S2/c1-27-17-8-6-15(7-9-17)22-18(25)12-28-10-16-11-29-20(23-16)24-19(26)13-2-4-14(21)5-3-13/h2-9,11H,10,12H2,1H3,(H,22,25)(H,23,24,26). The predicted molar refractivity (Wildman–Crippen MR) is 114 cm³/mol. The van der Waals surface area contributed by atoms with Gasteiger partial charge in [-0.2, -0.15) is 0 Å². The van der Waals surface area contributed by atoms with Gasteiger partial charge in [0.15, 0.2) is 5.13 Å². The summed E-state index contributed by atoms with van der Waals surface area (Å²) < 4.78 is 18.0. The second-order valence-electron chi connectivity index (χ2n) is 5.87. The first-order chi connectivity index (χ1) is 14.0. The number of hydrogen-bond donors (Lipinski definition) is 2. The molecule has 0 atom stereocenters. The lowest BCUT2D eigenvalue weighted by atomic mass is 10.2. The molecule has 0 aliphatic heterocycles. The topological polar surface area (TPSA) is 80.3 Å². The molecule has 0 radical (unpaired) electrons. The van der Waals surface area contributed by atoms with E-state index >= 15 is 0 Å². The number of rotatable bonds is 8. The number of hydrogen-bond acceptors (Lipinski definition) is 6. The fourth-order valence-corrected chi connectivity index (χ4v) is 3.85. The lowest BCUT2D eigenvalue weighted by Gasteiger charge is -2.06. The van der Waals surface area contributed by atoms with E-state index in [1.165, 1.54) is 47.4 Å². The largest absolute Gasteiger partial charge is 0.497 e. The van der Waals surface area contributed by atoms with Gasteiger partial charge in [-0.15, -0.1) is 23.1 Å². The van der Waals surface area contributed by atoms with Gasteiger partial charge >= 0.3 is 0 Å². The maximum absolute atomic E-state index is 12.9. The molecule has 2 amide bonds. The van der Waals surface area contributed by atoms with Crippen LogP contribution in [0.3, 0.4) is 0 Å². The van der Waals surface area contributed by atoms with E-state index in [9.17, 15) is 14.0 Å². The van der Waals surface area contributed by atoms with Crippen molar-refractivity contribution in [3.05, 3.63) is 71.0 Å². The minimum absolute atomic E-state index is 0.111. The van der Waals surface area contributed by atoms with Crippen LogP contribution in [-0.4, -0.2) is 29.7 Å². The summed E-state index contributed by atoms with van der Waals surface area (Å²) in [6.45, 7) is 0. The molecule has 0 aliphatic carbocycles. The lowest BCUT2D eigenvalue weighted by molar-refractivity contribution is -0.113. The molecule has 6 nitrogen and oxygen atoms in total. The molecule has 0 saturated carbocycles. The zero-order chi connectivity index (χ0) is 20.6. The summed E-state index contributed by atoms with van der Waals surface area (Å²) in [7, 11) is 1.59. The van der Waals surface area contributed by atoms with Crippen LogP contribution in [0.1, 0.15) is 16.1 Å². The van der Waals surface area contributed by atoms with Gasteiger partial charge in [0.1, 0.15) is 11.6 Å². The fourth-order valence-electron chi connectivity index (χ4n) is 2.32. The molecule has 0 bridgehead atoms.